The normalized spacial score (nSPS) is 15.4. The van der Waals surface area contributed by atoms with Crippen LogP contribution in [0.3, 0.4) is 0 Å². The third-order valence-corrected chi connectivity index (χ3v) is 6.38. The van der Waals surface area contributed by atoms with Gasteiger partial charge >= 0.3 is 0 Å². The van der Waals surface area contributed by atoms with E-state index in [0.717, 1.165) is 35.9 Å². The van der Waals surface area contributed by atoms with Gasteiger partial charge in [0.05, 0.1) is 23.0 Å². The molecular weight excluding hydrogens is 497 g/mol. The van der Waals surface area contributed by atoms with E-state index in [4.69, 9.17) is 4.74 Å². The van der Waals surface area contributed by atoms with Crippen molar-refractivity contribution in [2.45, 2.75) is 45.3 Å². The fraction of sp³-hybridized carbons (Fsp3) is 0.357. The Morgan fingerprint density at radius 3 is 2.42 bits per heavy atom. The Morgan fingerprint density at radius 2 is 1.82 bits per heavy atom. The van der Waals surface area contributed by atoms with Crippen molar-refractivity contribution in [3.05, 3.63) is 77.0 Å². The van der Waals surface area contributed by atoms with Crippen LogP contribution in [-0.2, 0) is 4.74 Å². The molecule has 1 fully saturated rings. The molecule has 200 valence electrons. The smallest absolute Gasteiger partial charge is 0.279 e. The lowest BCUT2D eigenvalue weighted by Crippen LogP contribution is -2.44. The fourth-order valence-corrected chi connectivity index (χ4v) is 4.42. The summed E-state index contributed by atoms with van der Waals surface area (Å²) in [6, 6.07) is 6.31. The van der Waals surface area contributed by atoms with Crippen LogP contribution in [0.1, 0.15) is 65.4 Å². The molecule has 3 heterocycles. The highest BCUT2D eigenvalue weighted by Gasteiger charge is 2.33. The van der Waals surface area contributed by atoms with Crippen molar-refractivity contribution in [3.8, 4) is 11.3 Å². The van der Waals surface area contributed by atoms with E-state index < -0.39 is 52.3 Å². The number of pyridine rings is 2. The number of carbonyl (C=O) groups is 2. The Hall–Kier alpha value is -3.79. The predicted molar refractivity (Wildman–Crippen MR) is 136 cm³/mol. The number of amides is 2. The minimum absolute atomic E-state index is 0.169. The van der Waals surface area contributed by atoms with Crippen molar-refractivity contribution < 1.29 is 27.5 Å². The van der Waals surface area contributed by atoms with E-state index in [1.165, 1.54) is 25.2 Å². The Morgan fingerprint density at radius 1 is 1.05 bits per heavy atom. The predicted octanol–water partition coefficient (Wildman–Crippen LogP) is 5.56. The summed E-state index contributed by atoms with van der Waals surface area (Å²) in [7, 11) is 2.83. The molecule has 2 aromatic heterocycles. The number of nitrogens with zero attached hydrogens (tertiary/aromatic N) is 4. The van der Waals surface area contributed by atoms with Gasteiger partial charge in [0.15, 0.2) is 0 Å². The van der Waals surface area contributed by atoms with Gasteiger partial charge in [0.1, 0.15) is 35.1 Å². The maximum absolute atomic E-state index is 15.5. The quantitative estimate of drug-likeness (QED) is 0.421. The summed E-state index contributed by atoms with van der Waals surface area (Å²) in [5.74, 6) is -5.07. The first-order valence-corrected chi connectivity index (χ1v) is 12.4. The standard InChI is InChI=1S/C28H29F3N4O3/c1-16(2)19-14-21(30)26(23-20(29)11-10-18(24(23)31)27(36)34(3)4)33-25(19)28(37)35(17-8-7-12-32-15-17)22-9-5-6-13-38-22/h7-8,10-12,14-16,22H,5-6,9,13H2,1-4H3. The highest BCUT2D eigenvalue weighted by molar-refractivity contribution is 6.06. The highest BCUT2D eigenvalue weighted by Crippen LogP contribution is 2.34. The zero-order valence-corrected chi connectivity index (χ0v) is 21.7. The van der Waals surface area contributed by atoms with Crippen LogP contribution in [0.15, 0.2) is 42.7 Å². The van der Waals surface area contributed by atoms with E-state index in [-0.39, 0.29) is 17.2 Å². The van der Waals surface area contributed by atoms with Crippen LogP contribution >= 0.6 is 0 Å². The van der Waals surface area contributed by atoms with Gasteiger partial charge in [-0.2, -0.15) is 0 Å². The minimum Gasteiger partial charge on any atom is -0.358 e. The second-order valence-electron chi connectivity index (χ2n) is 9.60. The van der Waals surface area contributed by atoms with Gasteiger partial charge in [-0.15, -0.1) is 0 Å². The van der Waals surface area contributed by atoms with Gasteiger partial charge < -0.3 is 9.64 Å². The van der Waals surface area contributed by atoms with E-state index in [1.54, 1.807) is 32.2 Å². The van der Waals surface area contributed by atoms with Crippen LogP contribution in [0.4, 0.5) is 18.9 Å². The average Bonchev–Trinajstić information content (AvgIpc) is 2.90. The van der Waals surface area contributed by atoms with E-state index >= 15 is 8.78 Å². The summed E-state index contributed by atoms with van der Waals surface area (Å²) in [5.41, 5.74) is -1.41. The Bertz CT molecular complexity index is 1340. The number of halogens is 3. The Kier molecular flexibility index (Phi) is 8.11. The Labute approximate surface area is 219 Å². The third kappa shape index (κ3) is 5.26. The first kappa shape index (κ1) is 27.3. The lowest BCUT2D eigenvalue weighted by molar-refractivity contribution is 0.0143. The molecule has 1 atom stereocenters. The fourth-order valence-electron chi connectivity index (χ4n) is 4.42. The maximum atomic E-state index is 15.5. The molecule has 10 heteroatoms. The molecule has 1 aliphatic rings. The second kappa shape index (κ2) is 11.3. The molecule has 3 aromatic rings. The number of hydrogen-bond donors (Lipinski definition) is 0. The molecule has 0 radical (unpaired) electrons. The number of hydrogen-bond acceptors (Lipinski definition) is 5. The van der Waals surface area contributed by atoms with Crippen molar-refractivity contribution in [2.24, 2.45) is 0 Å². The van der Waals surface area contributed by atoms with Gasteiger partial charge in [0.25, 0.3) is 11.8 Å². The number of aromatic nitrogens is 2. The van der Waals surface area contributed by atoms with Crippen LogP contribution in [0.25, 0.3) is 11.3 Å². The van der Waals surface area contributed by atoms with Crippen molar-refractivity contribution in [2.75, 3.05) is 25.6 Å². The summed E-state index contributed by atoms with van der Waals surface area (Å²) in [6.07, 6.45) is 4.69. The molecule has 0 saturated carbocycles. The van der Waals surface area contributed by atoms with E-state index in [2.05, 4.69) is 9.97 Å². The summed E-state index contributed by atoms with van der Waals surface area (Å²) >= 11 is 0. The summed E-state index contributed by atoms with van der Waals surface area (Å²) < 4.78 is 51.8. The number of rotatable bonds is 6. The van der Waals surface area contributed by atoms with Crippen molar-refractivity contribution in [1.82, 2.24) is 14.9 Å². The molecule has 0 bridgehead atoms. The van der Waals surface area contributed by atoms with Crippen molar-refractivity contribution in [1.29, 1.82) is 0 Å². The molecule has 1 aliphatic heterocycles. The molecule has 1 saturated heterocycles. The van der Waals surface area contributed by atoms with Gasteiger partial charge in [-0.25, -0.2) is 18.2 Å². The van der Waals surface area contributed by atoms with Gasteiger partial charge in [-0.1, -0.05) is 13.8 Å². The van der Waals surface area contributed by atoms with Crippen molar-refractivity contribution in [3.63, 3.8) is 0 Å². The first-order valence-electron chi connectivity index (χ1n) is 12.4. The lowest BCUT2D eigenvalue weighted by atomic mass is 9.97. The summed E-state index contributed by atoms with van der Waals surface area (Å²) in [6.45, 7) is 3.98. The van der Waals surface area contributed by atoms with Crippen LogP contribution in [0.2, 0.25) is 0 Å². The number of anilines is 1. The number of ether oxygens (including phenoxy) is 1. The number of carbonyl (C=O) groups excluding carboxylic acids is 2. The molecule has 1 aromatic carbocycles. The molecule has 0 spiro atoms. The van der Waals surface area contributed by atoms with Crippen LogP contribution in [-0.4, -0.2) is 53.6 Å². The van der Waals surface area contributed by atoms with Gasteiger partial charge in [0.2, 0.25) is 0 Å². The molecular formula is C28H29F3N4O3. The van der Waals surface area contributed by atoms with Gasteiger partial charge in [-0.05, 0) is 61.1 Å². The first-order chi connectivity index (χ1) is 18.1. The highest BCUT2D eigenvalue weighted by atomic mass is 19.1. The molecule has 0 aliphatic carbocycles. The zero-order chi connectivity index (χ0) is 27.6. The summed E-state index contributed by atoms with van der Waals surface area (Å²) in [5, 5.41) is 0. The molecule has 7 nitrogen and oxygen atoms in total. The average molecular weight is 527 g/mol. The van der Waals surface area contributed by atoms with Crippen molar-refractivity contribution >= 4 is 17.5 Å². The molecule has 1 unspecified atom stereocenters. The molecule has 38 heavy (non-hydrogen) atoms. The third-order valence-electron chi connectivity index (χ3n) is 6.38. The summed E-state index contributed by atoms with van der Waals surface area (Å²) in [4.78, 5) is 37.4. The van der Waals surface area contributed by atoms with Gasteiger partial charge in [-0.3, -0.25) is 19.5 Å². The molecule has 0 N–H and O–H groups in total. The molecule has 4 rings (SSSR count). The Balaban J connectivity index is 1.91. The maximum Gasteiger partial charge on any atom is 0.279 e. The zero-order valence-electron chi connectivity index (χ0n) is 21.7. The topological polar surface area (TPSA) is 75.6 Å². The minimum atomic E-state index is -1.26. The largest absolute Gasteiger partial charge is 0.358 e. The van der Waals surface area contributed by atoms with E-state index in [0.29, 0.717) is 18.7 Å². The SMILES string of the molecule is CC(C)c1cc(F)c(-c2c(F)ccc(C(=O)N(C)C)c2F)nc1C(=O)N(c1cccnc1)C1CCCCO1. The van der Waals surface area contributed by atoms with Gasteiger partial charge in [0, 0.05) is 26.9 Å². The van der Waals surface area contributed by atoms with Crippen LogP contribution in [0, 0.1) is 17.5 Å². The van der Waals surface area contributed by atoms with Crippen LogP contribution in [0.5, 0.6) is 0 Å². The van der Waals surface area contributed by atoms with Crippen LogP contribution < -0.4 is 4.90 Å². The lowest BCUT2D eigenvalue weighted by Gasteiger charge is -2.34. The molecule has 2 amide bonds. The second-order valence-corrected chi connectivity index (χ2v) is 9.60. The van der Waals surface area contributed by atoms with E-state index in [1.807, 2.05) is 0 Å². The monoisotopic (exact) mass is 526 g/mol. The van der Waals surface area contributed by atoms with E-state index in [9.17, 15) is 14.0 Å². The number of benzene rings is 1.